The summed E-state index contributed by atoms with van der Waals surface area (Å²) < 4.78 is 17.5. The molecule has 0 aliphatic rings. The van der Waals surface area contributed by atoms with Crippen molar-refractivity contribution in [2.75, 3.05) is 6.61 Å². The molecule has 2 aromatic rings. The molecule has 0 unspecified atom stereocenters. The molecule has 0 atom stereocenters. The van der Waals surface area contributed by atoms with Crippen molar-refractivity contribution in [1.29, 1.82) is 0 Å². The molecule has 0 saturated heterocycles. The third kappa shape index (κ3) is 3.47. The molecule has 0 fully saturated rings. The Morgan fingerprint density at radius 3 is 2.57 bits per heavy atom. The molecule has 0 aliphatic heterocycles. The molecule has 0 amide bonds. The van der Waals surface area contributed by atoms with Crippen LogP contribution in [0.25, 0.3) is 0 Å². The largest absolute Gasteiger partial charge is 0.507 e. The first kappa shape index (κ1) is 14.8. The van der Waals surface area contributed by atoms with Crippen LogP contribution in [0, 0.1) is 5.82 Å². The number of carbonyl (C=O) groups is 1. The van der Waals surface area contributed by atoms with Crippen LogP contribution in [-0.2, 0) is 11.2 Å². The lowest BCUT2D eigenvalue weighted by molar-refractivity contribution is 0.0521. The summed E-state index contributed by atoms with van der Waals surface area (Å²) >= 11 is 0. The van der Waals surface area contributed by atoms with Crippen LogP contribution in [0.5, 0.6) is 5.75 Å². The van der Waals surface area contributed by atoms with Gasteiger partial charge in [-0.2, -0.15) is 0 Å². The van der Waals surface area contributed by atoms with Gasteiger partial charge in [0.2, 0.25) is 0 Å². The van der Waals surface area contributed by atoms with Crippen LogP contribution >= 0.6 is 0 Å². The molecular weight excluding hydrogens is 277 g/mol. The number of halogens is 1. The van der Waals surface area contributed by atoms with E-state index < -0.39 is 22.8 Å². The fraction of sp³-hybridized carbons (Fsp3) is 0.200. The van der Waals surface area contributed by atoms with Crippen LogP contribution in [-0.4, -0.2) is 22.7 Å². The van der Waals surface area contributed by atoms with Crippen molar-refractivity contribution in [3.8, 4) is 5.75 Å². The van der Waals surface area contributed by atoms with Gasteiger partial charge in [0, 0.05) is 18.2 Å². The van der Waals surface area contributed by atoms with E-state index in [9.17, 15) is 19.1 Å². The van der Waals surface area contributed by atoms with E-state index in [4.69, 9.17) is 4.74 Å². The van der Waals surface area contributed by atoms with Crippen molar-refractivity contribution in [2.24, 2.45) is 0 Å². The number of pyridine rings is 1. The SMILES string of the molecule is CCOC(=O)c1c(O)cc(Cc2ccc(F)cc2)[nH]c1=O. The van der Waals surface area contributed by atoms with Crippen LogP contribution < -0.4 is 5.56 Å². The van der Waals surface area contributed by atoms with Crippen LogP contribution in [0.2, 0.25) is 0 Å². The van der Waals surface area contributed by atoms with Gasteiger partial charge in [0.05, 0.1) is 6.61 Å². The van der Waals surface area contributed by atoms with E-state index in [-0.39, 0.29) is 12.4 Å². The van der Waals surface area contributed by atoms with Gasteiger partial charge in [-0.05, 0) is 24.6 Å². The van der Waals surface area contributed by atoms with Gasteiger partial charge in [-0.1, -0.05) is 12.1 Å². The molecule has 0 saturated carbocycles. The van der Waals surface area contributed by atoms with Crippen molar-refractivity contribution in [3.63, 3.8) is 0 Å². The highest BCUT2D eigenvalue weighted by Gasteiger charge is 2.18. The molecule has 2 N–H and O–H groups in total. The first-order valence-corrected chi connectivity index (χ1v) is 6.38. The maximum Gasteiger partial charge on any atom is 0.347 e. The van der Waals surface area contributed by atoms with E-state index in [0.717, 1.165) is 5.56 Å². The number of benzene rings is 1. The number of aromatic hydroxyl groups is 1. The van der Waals surface area contributed by atoms with Crippen molar-refractivity contribution < 1.29 is 19.0 Å². The van der Waals surface area contributed by atoms with Crippen molar-refractivity contribution in [3.05, 3.63) is 63.3 Å². The molecule has 21 heavy (non-hydrogen) atoms. The zero-order valence-corrected chi connectivity index (χ0v) is 11.4. The van der Waals surface area contributed by atoms with E-state index in [0.29, 0.717) is 12.1 Å². The molecule has 5 nitrogen and oxygen atoms in total. The van der Waals surface area contributed by atoms with Gasteiger partial charge in [0.15, 0.2) is 5.56 Å². The molecule has 1 heterocycles. The molecular formula is C15H14FNO4. The maximum atomic E-state index is 12.8. The zero-order valence-electron chi connectivity index (χ0n) is 11.4. The van der Waals surface area contributed by atoms with Gasteiger partial charge in [0.1, 0.15) is 11.6 Å². The highest BCUT2D eigenvalue weighted by Crippen LogP contribution is 2.17. The van der Waals surface area contributed by atoms with Crippen LogP contribution in [0.4, 0.5) is 4.39 Å². The predicted octanol–water partition coefficient (Wildman–Crippen LogP) is 1.99. The topological polar surface area (TPSA) is 79.4 Å². The van der Waals surface area contributed by atoms with E-state index in [1.54, 1.807) is 19.1 Å². The Labute approximate surface area is 120 Å². The van der Waals surface area contributed by atoms with E-state index in [2.05, 4.69) is 4.98 Å². The number of hydrogen-bond donors (Lipinski definition) is 2. The number of H-pyrrole nitrogens is 1. The molecule has 0 spiro atoms. The average Bonchev–Trinajstić information content (AvgIpc) is 2.41. The third-order valence-electron chi connectivity index (χ3n) is 2.86. The van der Waals surface area contributed by atoms with Crippen molar-refractivity contribution >= 4 is 5.97 Å². The molecule has 110 valence electrons. The lowest BCUT2D eigenvalue weighted by Gasteiger charge is -2.07. The molecule has 6 heteroatoms. The molecule has 0 bridgehead atoms. The second-order valence-electron chi connectivity index (χ2n) is 4.41. The van der Waals surface area contributed by atoms with E-state index >= 15 is 0 Å². The quantitative estimate of drug-likeness (QED) is 0.844. The molecule has 1 aromatic carbocycles. The average molecular weight is 291 g/mol. The number of nitrogens with one attached hydrogen (secondary N) is 1. The Hall–Kier alpha value is -2.63. The van der Waals surface area contributed by atoms with Crippen molar-refractivity contribution in [2.45, 2.75) is 13.3 Å². The maximum absolute atomic E-state index is 12.8. The lowest BCUT2D eigenvalue weighted by Crippen LogP contribution is -2.21. The van der Waals surface area contributed by atoms with Gasteiger partial charge in [-0.25, -0.2) is 9.18 Å². The summed E-state index contributed by atoms with van der Waals surface area (Å²) in [6.07, 6.45) is 0.298. The van der Waals surface area contributed by atoms with Gasteiger partial charge in [-0.3, -0.25) is 4.79 Å². The fourth-order valence-corrected chi connectivity index (χ4v) is 1.92. The Morgan fingerprint density at radius 2 is 2.00 bits per heavy atom. The summed E-state index contributed by atoms with van der Waals surface area (Å²) in [6.45, 7) is 1.71. The fourth-order valence-electron chi connectivity index (χ4n) is 1.92. The van der Waals surface area contributed by atoms with E-state index in [1.165, 1.54) is 18.2 Å². The predicted molar refractivity (Wildman–Crippen MR) is 73.9 cm³/mol. The molecule has 0 radical (unpaired) electrons. The normalized spacial score (nSPS) is 10.4. The standard InChI is InChI=1S/C15H14FNO4/c1-2-21-15(20)13-12(18)8-11(17-14(13)19)7-9-3-5-10(16)6-4-9/h3-6,8H,2,7H2,1H3,(H2,17,18,19). The summed E-state index contributed by atoms with van der Waals surface area (Å²) in [7, 11) is 0. The number of rotatable bonds is 4. The van der Waals surface area contributed by atoms with Gasteiger partial charge < -0.3 is 14.8 Å². The van der Waals surface area contributed by atoms with Crippen LogP contribution in [0.1, 0.15) is 28.5 Å². The summed E-state index contributed by atoms with van der Waals surface area (Å²) in [5, 5.41) is 9.81. The number of aromatic nitrogens is 1. The summed E-state index contributed by atoms with van der Waals surface area (Å²) in [6, 6.07) is 7.05. The monoisotopic (exact) mass is 291 g/mol. The number of ether oxygens (including phenoxy) is 1. The van der Waals surface area contributed by atoms with Gasteiger partial charge >= 0.3 is 5.97 Å². The summed E-state index contributed by atoms with van der Waals surface area (Å²) in [4.78, 5) is 25.9. The Balaban J connectivity index is 2.29. The minimum Gasteiger partial charge on any atom is -0.507 e. The second kappa shape index (κ2) is 6.21. The number of aromatic amines is 1. The van der Waals surface area contributed by atoms with Crippen LogP contribution in [0.15, 0.2) is 35.1 Å². The van der Waals surface area contributed by atoms with Gasteiger partial charge in [-0.15, -0.1) is 0 Å². The number of carbonyl (C=O) groups excluding carboxylic acids is 1. The minimum absolute atomic E-state index is 0.106. The molecule has 2 rings (SSSR count). The first-order chi connectivity index (χ1) is 10.0. The third-order valence-corrected chi connectivity index (χ3v) is 2.86. The molecule has 1 aromatic heterocycles. The van der Waals surface area contributed by atoms with Gasteiger partial charge in [0.25, 0.3) is 5.56 Å². The summed E-state index contributed by atoms with van der Waals surface area (Å²) in [5.74, 6) is -1.66. The highest BCUT2D eigenvalue weighted by molar-refractivity contribution is 5.91. The number of hydrogen-bond acceptors (Lipinski definition) is 4. The Kier molecular flexibility index (Phi) is 4.37. The minimum atomic E-state index is -0.871. The van der Waals surface area contributed by atoms with Crippen molar-refractivity contribution in [1.82, 2.24) is 4.98 Å². The Bertz CT molecular complexity index is 707. The summed E-state index contributed by atoms with van der Waals surface area (Å²) in [5.41, 5.74) is 0.0396. The second-order valence-corrected chi connectivity index (χ2v) is 4.41. The highest BCUT2D eigenvalue weighted by atomic mass is 19.1. The number of esters is 1. The first-order valence-electron chi connectivity index (χ1n) is 6.38. The van der Waals surface area contributed by atoms with E-state index in [1.807, 2.05) is 0 Å². The smallest absolute Gasteiger partial charge is 0.347 e. The van der Waals surface area contributed by atoms with Crippen LogP contribution in [0.3, 0.4) is 0 Å². The molecule has 0 aliphatic carbocycles. The Morgan fingerprint density at radius 1 is 1.33 bits per heavy atom. The zero-order chi connectivity index (χ0) is 15.4. The lowest BCUT2D eigenvalue weighted by atomic mass is 10.1.